The summed E-state index contributed by atoms with van der Waals surface area (Å²) in [4.78, 5) is 10.9. The lowest BCUT2D eigenvalue weighted by Gasteiger charge is -2.15. The molecule has 0 spiro atoms. The summed E-state index contributed by atoms with van der Waals surface area (Å²) in [7, 11) is 0. The maximum atomic E-state index is 5.46. The Bertz CT molecular complexity index is 3520. The van der Waals surface area contributed by atoms with Gasteiger partial charge in [-0.1, -0.05) is 146 Å². The highest BCUT2D eigenvalue weighted by atomic mass is 15.2. The summed E-state index contributed by atoms with van der Waals surface area (Å²) in [5.74, 6) is 0.659. The van der Waals surface area contributed by atoms with Crippen LogP contribution in [0.4, 0.5) is 0 Å². The molecule has 0 aliphatic carbocycles. The van der Waals surface area contributed by atoms with Gasteiger partial charge in [0.25, 0.3) is 0 Å². The molecule has 4 nitrogen and oxygen atoms in total. The monoisotopic (exact) mass is 712 g/mol. The summed E-state index contributed by atoms with van der Waals surface area (Å²) in [6, 6.07) is 69.6. The van der Waals surface area contributed by atoms with E-state index >= 15 is 0 Å². The number of rotatable bonds is 4. The number of para-hydroxylation sites is 3. The third-order valence-corrected chi connectivity index (χ3v) is 11.5. The predicted molar refractivity (Wildman–Crippen MR) is 234 cm³/mol. The van der Waals surface area contributed by atoms with E-state index in [1.807, 2.05) is 0 Å². The van der Waals surface area contributed by atoms with Crippen LogP contribution in [0.25, 0.3) is 110 Å². The van der Waals surface area contributed by atoms with Gasteiger partial charge in [-0.05, 0) is 70.4 Å². The van der Waals surface area contributed by atoms with E-state index in [0.29, 0.717) is 5.95 Å². The highest BCUT2D eigenvalue weighted by molar-refractivity contribution is 6.23. The van der Waals surface area contributed by atoms with E-state index in [-0.39, 0.29) is 0 Å². The Labute approximate surface area is 322 Å². The van der Waals surface area contributed by atoms with E-state index in [4.69, 9.17) is 9.97 Å². The molecule has 4 heteroatoms. The second kappa shape index (κ2) is 12.0. The van der Waals surface area contributed by atoms with Crippen molar-refractivity contribution in [3.63, 3.8) is 0 Å². The van der Waals surface area contributed by atoms with Gasteiger partial charge in [0.2, 0.25) is 5.95 Å². The zero-order valence-corrected chi connectivity index (χ0v) is 30.3. The van der Waals surface area contributed by atoms with Crippen LogP contribution in [-0.2, 0) is 0 Å². The summed E-state index contributed by atoms with van der Waals surface area (Å²) in [5.41, 5.74) is 11.0. The molecule has 0 fully saturated rings. The normalized spacial score (nSPS) is 11.9. The van der Waals surface area contributed by atoms with Crippen molar-refractivity contribution in [3.8, 4) is 34.0 Å². The van der Waals surface area contributed by atoms with E-state index in [1.165, 1.54) is 49.1 Å². The molecular formula is C52H32N4. The Hall–Kier alpha value is -7.56. The Kier molecular flexibility index (Phi) is 6.60. The fourth-order valence-electron chi connectivity index (χ4n) is 9.03. The number of aromatic nitrogens is 4. The molecule has 0 amide bonds. The summed E-state index contributed by atoms with van der Waals surface area (Å²) in [6.07, 6.45) is 0. The Balaban J connectivity index is 1.17. The average molecular weight is 713 g/mol. The van der Waals surface area contributed by atoms with Crippen molar-refractivity contribution in [1.29, 1.82) is 0 Å². The largest absolute Gasteiger partial charge is 0.309 e. The van der Waals surface area contributed by atoms with E-state index in [0.717, 1.165) is 55.0 Å². The molecule has 3 heterocycles. The van der Waals surface area contributed by atoms with Crippen LogP contribution >= 0.6 is 0 Å². The molecule has 0 saturated carbocycles. The molecular weight excluding hydrogens is 681 g/mol. The lowest BCUT2D eigenvalue weighted by atomic mass is 9.94. The van der Waals surface area contributed by atoms with Crippen LogP contribution in [0.2, 0.25) is 0 Å². The maximum Gasteiger partial charge on any atom is 0.235 e. The molecule has 0 bridgehead atoms. The SMILES string of the molecule is c1ccc(-c2nc(-n3c4ccccc4c4cc(-c5ccc6c(c5)c5ccccc5n6-c5ccccc5)c5ccccc5c43)nc3c2ccc2ccccc23)cc1. The van der Waals surface area contributed by atoms with Crippen LogP contribution in [0.1, 0.15) is 0 Å². The van der Waals surface area contributed by atoms with Crippen LogP contribution in [0, 0.1) is 0 Å². The van der Waals surface area contributed by atoms with Gasteiger partial charge >= 0.3 is 0 Å². The van der Waals surface area contributed by atoms with Crippen molar-refractivity contribution >= 4 is 76.1 Å². The highest BCUT2D eigenvalue weighted by Gasteiger charge is 2.22. The first-order valence-electron chi connectivity index (χ1n) is 19.1. The van der Waals surface area contributed by atoms with Gasteiger partial charge in [-0.3, -0.25) is 4.57 Å². The van der Waals surface area contributed by atoms with E-state index in [1.54, 1.807) is 0 Å². The van der Waals surface area contributed by atoms with Crippen LogP contribution in [0.15, 0.2) is 194 Å². The molecule has 56 heavy (non-hydrogen) atoms. The number of hydrogen-bond acceptors (Lipinski definition) is 2. The molecule has 0 atom stereocenters. The molecule has 9 aromatic carbocycles. The van der Waals surface area contributed by atoms with Gasteiger partial charge in [0.1, 0.15) is 0 Å². The van der Waals surface area contributed by atoms with Crippen molar-refractivity contribution < 1.29 is 0 Å². The first kappa shape index (κ1) is 30.9. The third kappa shape index (κ3) is 4.47. The van der Waals surface area contributed by atoms with Crippen molar-refractivity contribution in [2.75, 3.05) is 0 Å². The van der Waals surface area contributed by atoms with Gasteiger partial charge in [-0.2, -0.15) is 0 Å². The van der Waals surface area contributed by atoms with Crippen LogP contribution < -0.4 is 0 Å². The fourth-order valence-corrected chi connectivity index (χ4v) is 9.03. The Morgan fingerprint density at radius 3 is 1.73 bits per heavy atom. The first-order chi connectivity index (χ1) is 27.8. The summed E-state index contributed by atoms with van der Waals surface area (Å²) in [5, 5.41) is 10.5. The Morgan fingerprint density at radius 1 is 0.339 bits per heavy atom. The van der Waals surface area contributed by atoms with Crippen molar-refractivity contribution in [2.45, 2.75) is 0 Å². The molecule has 12 rings (SSSR count). The smallest absolute Gasteiger partial charge is 0.235 e. The Morgan fingerprint density at radius 2 is 0.946 bits per heavy atom. The van der Waals surface area contributed by atoms with Gasteiger partial charge in [0, 0.05) is 49.0 Å². The van der Waals surface area contributed by atoms with Crippen LogP contribution in [0.3, 0.4) is 0 Å². The quantitative estimate of drug-likeness (QED) is 0.170. The fraction of sp³-hybridized carbons (Fsp3) is 0. The standard InChI is InChI=1S/C52H32N4/c1-3-16-34(17-4-1)49-42-29-27-33-15-7-8-20-37(33)50(42)54-52(53-49)56-47-26-14-12-23-40(47)45-32-43(38-21-9-10-24-41(38)51(45)56)35-28-30-48-44(31-35)39-22-11-13-25-46(39)55(48)36-18-5-2-6-19-36/h1-32H. The summed E-state index contributed by atoms with van der Waals surface area (Å²) in [6.45, 7) is 0. The highest BCUT2D eigenvalue weighted by Crippen LogP contribution is 2.43. The minimum atomic E-state index is 0.659. The van der Waals surface area contributed by atoms with Crippen LogP contribution in [0.5, 0.6) is 0 Å². The minimum absolute atomic E-state index is 0.659. The molecule has 260 valence electrons. The molecule has 0 aliphatic rings. The molecule has 0 aliphatic heterocycles. The van der Waals surface area contributed by atoms with Crippen molar-refractivity contribution in [1.82, 2.24) is 19.1 Å². The average Bonchev–Trinajstić information content (AvgIpc) is 3.79. The maximum absolute atomic E-state index is 5.46. The van der Waals surface area contributed by atoms with E-state index in [9.17, 15) is 0 Å². The number of fused-ring (bicyclic) bond motifs is 11. The topological polar surface area (TPSA) is 35.6 Å². The second-order valence-electron chi connectivity index (χ2n) is 14.6. The van der Waals surface area contributed by atoms with Crippen LogP contribution in [-0.4, -0.2) is 19.1 Å². The van der Waals surface area contributed by atoms with Gasteiger partial charge < -0.3 is 4.57 Å². The lowest BCUT2D eigenvalue weighted by molar-refractivity contribution is 1.02. The first-order valence-corrected chi connectivity index (χ1v) is 19.1. The number of benzene rings is 9. The zero-order valence-electron chi connectivity index (χ0n) is 30.3. The molecule has 3 aromatic heterocycles. The number of hydrogen-bond donors (Lipinski definition) is 0. The number of nitrogens with zero attached hydrogens (tertiary/aromatic N) is 4. The second-order valence-corrected chi connectivity index (χ2v) is 14.6. The van der Waals surface area contributed by atoms with Gasteiger partial charge in [0.15, 0.2) is 0 Å². The van der Waals surface area contributed by atoms with Gasteiger partial charge in [0.05, 0.1) is 33.3 Å². The molecule has 0 N–H and O–H groups in total. The molecule has 12 aromatic rings. The third-order valence-electron chi connectivity index (χ3n) is 11.5. The molecule has 0 unspecified atom stereocenters. The van der Waals surface area contributed by atoms with E-state index in [2.05, 4.69) is 203 Å². The summed E-state index contributed by atoms with van der Waals surface area (Å²) < 4.78 is 4.67. The summed E-state index contributed by atoms with van der Waals surface area (Å²) >= 11 is 0. The van der Waals surface area contributed by atoms with Crippen molar-refractivity contribution in [2.24, 2.45) is 0 Å². The minimum Gasteiger partial charge on any atom is -0.309 e. The van der Waals surface area contributed by atoms with Gasteiger partial charge in [-0.15, -0.1) is 0 Å². The predicted octanol–water partition coefficient (Wildman–Crippen LogP) is 13.5. The van der Waals surface area contributed by atoms with E-state index < -0.39 is 0 Å². The van der Waals surface area contributed by atoms with Gasteiger partial charge in [-0.25, -0.2) is 9.97 Å². The molecule has 0 radical (unpaired) electrons. The molecule has 0 saturated heterocycles. The lowest BCUT2D eigenvalue weighted by Crippen LogP contribution is -2.04. The zero-order chi connectivity index (χ0) is 36.7. The van der Waals surface area contributed by atoms with Crippen molar-refractivity contribution in [3.05, 3.63) is 194 Å².